The Morgan fingerprint density at radius 1 is 0.830 bits per heavy atom. The number of carboxylic acid groups (broad SMARTS) is 1. The van der Waals surface area contributed by atoms with Crippen molar-refractivity contribution in [1.29, 1.82) is 0 Å². The van der Waals surface area contributed by atoms with Crippen molar-refractivity contribution in [3.63, 3.8) is 0 Å². The van der Waals surface area contributed by atoms with Crippen molar-refractivity contribution in [2.75, 3.05) is 11.5 Å². The van der Waals surface area contributed by atoms with Gasteiger partial charge < -0.3 is 24.6 Å². The molecular weight excluding hydrogens is 678 g/mol. The van der Waals surface area contributed by atoms with Gasteiger partial charge in [0.2, 0.25) is 5.95 Å². The first-order valence-electron chi connectivity index (χ1n) is 17.1. The largest absolute Gasteiger partial charge is 0.480 e. The summed E-state index contributed by atoms with van der Waals surface area (Å²) < 4.78 is 18.3. The van der Waals surface area contributed by atoms with Crippen LogP contribution in [0.2, 0.25) is 0 Å². The normalized spacial score (nSPS) is 13.1. The Kier molecular flexibility index (Phi) is 9.94. The van der Waals surface area contributed by atoms with E-state index in [4.69, 9.17) is 14.2 Å². The van der Waals surface area contributed by atoms with Gasteiger partial charge in [-0.15, -0.1) is 0 Å². The van der Waals surface area contributed by atoms with Gasteiger partial charge in [0.25, 0.3) is 0 Å². The van der Waals surface area contributed by atoms with Crippen molar-refractivity contribution >= 4 is 46.8 Å². The number of amides is 2. The second-order valence-electron chi connectivity index (χ2n) is 14.6. The Hall–Kier alpha value is -6.24. The number of carbonyl (C=O) groups is 4. The molecule has 0 fully saturated rings. The van der Waals surface area contributed by atoms with Crippen molar-refractivity contribution in [1.82, 2.24) is 19.9 Å². The number of carboxylic acids is 1. The molecule has 1 aliphatic rings. The SMILES string of the molecule is CC(C)(C)OC(=O)N(c1ncccn1)c1cccc2c(C[C@H](NC(=O)OCC3c4ccccc4-c4ccccc43)C(=O)O)cn(C(=O)OC(C)(C)C)c12. The maximum Gasteiger partial charge on any atom is 0.422 e. The van der Waals surface area contributed by atoms with Gasteiger partial charge in [0.1, 0.15) is 23.9 Å². The van der Waals surface area contributed by atoms with E-state index in [1.807, 2.05) is 48.5 Å². The van der Waals surface area contributed by atoms with Crippen LogP contribution in [-0.4, -0.2) is 67.7 Å². The summed E-state index contributed by atoms with van der Waals surface area (Å²) in [6, 6.07) is 20.8. The summed E-state index contributed by atoms with van der Waals surface area (Å²) in [6.07, 6.45) is 1.62. The number of fused-ring (bicyclic) bond motifs is 4. The molecule has 0 saturated heterocycles. The van der Waals surface area contributed by atoms with Crippen LogP contribution in [0.4, 0.5) is 26.0 Å². The number of nitrogens with zero attached hydrogens (tertiary/aromatic N) is 4. The molecule has 0 saturated carbocycles. The highest BCUT2D eigenvalue weighted by atomic mass is 16.6. The molecule has 0 radical (unpaired) electrons. The molecular formula is C40H41N5O8. The van der Waals surface area contributed by atoms with Crippen LogP contribution in [0.5, 0.6) is 0 Å². The minimum absolute atomic E-state index is 0.00440. The number of hydrogen-bond donors (Lipinski definition) is 2. The highest BCUT2D eigenvalue weighted by molar-refractivity contribution is 6.07. The number of carbonyl (C=O) groups excluding carboxylic acids is 3. The van der Waals surface area contributed by atoms with E-state index >= 15 is 0 Å². The minimum atomic E-state index is -1.45. The summed E-state index contributed by atoms with van der Waals surface area (Å²) in [5.74, 6) is -1.56. The Balaban J connectivity index is 1.33. The zero-order valence-corrected chi connectivity index (χ0v) is 30.3. The third-order valence-electron chi connectivity index (χ3n) is 8.40. The smallest absolute Gasteiger partial charge is 0.422 e. The molecule has 53 heavy (non-hydrogen) atoms. The number of aromatic nitrogens is 3. The molecule has 2 amide bonds. The molecule has 0 spiro atoms. The van der Waals surface area contributed by atoms with E-state index < -0.39 is 41.5 Å². The van der Waals surface area contributed by atoms with Crippen LogP contribution in [0.3, 0.4) is 0 Å². The standard InChI is InChI=1S/C40H41N5O8/c1-39(2,3)52-37(49)44-22-24(25-17-11-18-32(33(25)44)45(35-41-19-12-20-42-35)38(50)53-40(4,5)6)21-31(34(46)47)43-36(48)51-23-30-28-15-9-7-13-26(28)27-14-8-10-16-29(27)30/h7-20,22,30-31H,21,23H2,1-6H3,(H,43,48)(H,46,47)/t31-/m0/s1. The van der Waals surface area contributed by atoms with Crippen LogP contribution in [0.15, 0.2) is 91.4 Å². The highest BCUT2D eigenvalue weighted by Crippen LogP contribution is 2.44. The fourth-order valence-corrected chi connectivity index (χ4v) is 6.34. The van der Waals surface area contributed by atoms with Crippen LogP contribution in [0.1, 0.15) is 64.2 Å². The lowest BCUT2D eigenvalue weighted by molar-refractivity contribution is -0.139. The molecule has 13 heteroatoms. The maximum atomic E-state index is 13.8. The van der Waals surface area contributed by atoms with Crippen molar-refractivity contribution in [3.8, 4) is 11.1 Å². The number of alkyl carbamates (subject to hydrolysis) is 1. The highest BCUT2D eigenvalue weighted by Gasteiger charge is 2.33. The lowest BCUT2D eigenvalue weighted by Gasteiger charge is -2.27. The average molecular weight is 720 g/mol. The number of aliphatic carboxylic acids is 1. The molecule has 1 atom stereocenters. The van der Waals surface area contributed by atoms with E-state index in [9.17, 15) is 24.3 Å². The van der Waals surface area contributed by atoms with Gasteiger partial charge in [0.05, 0.1) is 11.2 Å². The van der Waals surface area contributed by atoms with E-state index in [2.05, 4.69) is 15.3 Å². The van der Waals surface area contributed by atoms with Crippen LogP contribution in [0, 0.1) is 0 Å². The molecule has 3 aromatic carbocycles. The molecule has 0 unspecified atom stereocenters. The second kappa shape index (κ2) is 14.4. The fraction of sp³-hybridized carbons (Fsp3) is 0.300. The Morgan fingerprint density at radius 2 is 1.43 bits per heavy atom. The molecule has 5 aromatic rings. The first kappa shape index (κ1) is 36.5. The summed E-state index contributed by atoms with van der Waals surface area (Å²) in [5, 5.41) is 13.2. The maximum absolute atomic E-state index is 13.8. The van der Waals surface area contributed by atoms with Crippen LogP contribution in [0.25, 0.3) is 22.0 Å². The van der Waals surface area contributed by atoms with Crippen molar-refractivity contribution < 1.29 is 38.5 Å². The van der Waals surface area contributed by atoms with Gasteiger partial charge in [-0.3, -0.25) is 4.57 Å². The second-order valence-corrected chi connectivity index (χ2v) is 14.6. The van der Waals surface area contributed by atoms with Crippen LogP contribution < -0.4 is 10.2 Å². The Bertz CT molecular complexity index is 2140. The molecule has 6 rings (SSSR count). The Morgan fingerprint density at radius 3 is 2.02 bits per heavy atom. The number of anilines is 2. The molecule has 13 nitrogen and oxygen atoms in total. The summed E-state index contributed by atoms with van der Waals surface area (Å²) in [4.78, 5) is 63.0. The van der Waals surface area contributed by atoms with Crippen molar-refractivity contribution in [3.05, 3.63) is 108 Å². The van der Waals surface area contributed by atoms with E-state index in [0.29, 0.717) is 10.9 Å². The summed E-state index contributed by atoms with van der Waals surface area (Å²) in [7, 11) is 0. The first-order chi connectivity index (χ1) is 25.1. The van der Waals surface area contributed by atoms with Crippen LogP contribution >= 0.6 is 0 Å². The molecule has 0 aliphatic heterocycles. The van der Waals surface area contributed by atoms with Gasteiger partial charge >= 0.3 is 24.2 Å². The van der Waals surface area contributed by atoms with Crippen molar-refractivity contribution in [2.24, 2.45) is 0 Å². The van der Waals surface area contributed by atoms with Gasteiger partial charge in [0.15, 0.2) is 0 Å². The van der Waals surface area contributed by atoms with E-state index in [1.54, 1.807) is 65.8 Å². The number of benzene rings is 3. The van der Waals surface area contributed by atoms with Gasteiger partial charge in [-0.1, -0.05) is 60.7 Å². The molecule has 0 bridgehead atoms. The number of ether oxygens (including phenoxy) is 3. The summed E-state index contributed by atoms with van der Waals surface area (Å²) in [5.41, 5.74) is 3.12. The minimum Gasteiger partial charge on any atom is -0.480 e. The topological polar surface area (TPSA) is 162 Å². The van der Waals surface area contributed by atoms with Gasteiger partial charge in [-0.2, -0.15) is 0 Å². The quantitative estimate of drug-likeness (QED) is 0.151. The molecule has 2 heterocycles. The van der Waals surface area contributed by atoms with Gasteiger partial charge in [0, 0.05) is 36.3 Å². The zero-order valence-electron chi connectivity index (χ0n) is 30.3. The molecule has 2 aromatic heterocycles. The molecule has 1 aliphatic carbocycles. The van der Waals surface area contributed by atoms with E-state index in [0.717, 1.165) is 27.2 Å². The van der Waals surface area contributed by atoms with Gasteiger partial charge in [-0.05, 0) is 81.5 Å². The summed E-state index contributed by atoms with van der Waals surface area (Å²) >= 11 is 0. The molecule has 274 valence electrons. The van der Waals surface area contributed by atoms with Crippen LogP contribution in [-0.2, 0) is 25.4 Å². The Labute approximate surface area is 306 Å². The predicted octanol–water partition coefficient (Wildman–Crippen LogP) is 7.82. The number of rotatable bonds is 8. The number of para-hydroxylation sites is 1. The average Bonchev–Trinajstić information content (AvgIpc) is 3.62. The van der Waals surface area contributed by atoms with E-state index in [1.165, 1.54) is 23.2 Å². The van der Waals surface area contributed by atoms with Gasteiger partial charge in [-0.25, -0.2) is 34.0 Å². The molecule has 2 N–H and O–H groups in total. The zero-order chi connectivity index (χ0) is 38.1. The monoisotopic (exact) mass is 719 g/mol. The lowest BCUT2D eigenvalue weighted by atomic mass is 9.98. The number of hydrogen-bond acceptors (Lipinski definition) is 9. The van der Waals surface area contributed by atoms with E-state index in [-0.39, 0.29) is 36.1 Å². The third-order valence-corrected chi connectivity index (χ3v) is 8.40. The fourth-order valence-electron chi connectivity index (χ4n) is 6.34. The predicted molar refractivity (Wildman–Crippen MR) is 197 cm³/mol. The first-order valence-corrected chi connectivity index (χ1v) is 17.1. The lowest BCUT2D eigenvalue weighted by Crippen LogP contribution is -2.42. The number of nitrogens with one attached hydrogen (secondary N) is 1. The summed E-state index contributed by atoms with van der Waals surface area (Å²) in [6.45, 7) is 10.3. The van der Waals surface area contributed by atoms with Crippen molar-refractivity contribution in [2.45, 2.75) is 71.1 Å². The third kappa shape index (κ3) is 7.98.